The number of hydrogen-bond donors (Lipinski definition) is 0. The summed E-state index contributed by atoms with van der Waals surface area (Å²) in [5.74, 6) is 1.95. The fraction of sp³-hybridized carbons (Fsp3) is 0.118. The van der Waals surface area contributed by atoms with Gasteiger partial charge >= 0.3 is 0 Å². The Hall–Kier alpha value is -2.75. The molecule has 106 valence electrons. The predicted molar refractivity (Wildman–Crippen MR) is 78.9 cm³/mol. The first-order valence-corrected chi connectivity index (χ1v) is 6.52. The van der Waals surface area contributed by atoms with Crippen LogP contribution in [0.1, 0.15) is 15.9 Å². The molecule has 0 N–H and O–H groups in total. The predicted octanol–water partition coefficient (Wildman–Crippen LogP) is 3.32. The Bertz CT molecular complexity index is 704. The number of hydrogen-bond acceptors (Lipinski definition) is 4. The van der Waals surface area contributed by atoms with Gasteiger partial charge in [0.1, 0.15) is 5.75 Å². The summed E-state index contributed by atoms with van der Waals surface area (Å²) in [7, 11) is 1.61. The summed E-state index contributed by atoms with van der Waals surface area (Å²) in [5, 5.41) is 0. The lowest BCUT2D eigenvalue weighted by Gasteiger charge is -2.01. The molecule has 0 radical (unpaired) electrons. The molecular formula is C17H14O4. The van der Waals surface area contributed by atoms with Gasteiger partial charge in [-0.25, -0.2) is 0 Å². The Morgan fingerprint density at radius 3 is 2.86 bits per heavy atom. The number of carbonyl (C=O) groups is 1. The van der Waals surface area contributed by atoms with E-state index in [4.69, 9.17) is 14.2 Å². The Balaban J connectivity index is 1.77. The molecule has 0 aromatic heterocycles. The molecule has 21 heavy (non-hydrogen) atoms. The highest BCUT2D eigenvalue weighted by molar-refractivity contribution is 6.07. The van der Waals surface area contributed by atoms with Crippen LogP contribution in [0, 0.1) is 0 Å². The highest BCUT2D eigenvalue weighted by Crippen LogP contribution is 2.32. The van der Waals surface area contributed by atoms with Gasteiger partial charge in [0.25, 0.3) is 0 Å². The van der Waals surface area contributed by atoms with Crippen molar-refractivity contribution in [1.82, 2.24) is 0 Å². The molecule has 0 amide bonds. The topological polar surface area (TPSA) is 44.8 Å². The van der Waals surface area contributed by atoms with E-state index < -0.39 is 0 Å². The van der Waals surface area contributed by atoms with E-state index in [2.05, 4.69) is 0 Å². The lowest BCUT2D eigenvalue weighted by molar-refractivity contribution is 0.104. The van der Waals surface area contributed by atoms with Gasteiger partial charge in [-0.2, -0.15) is 0 Å². The number of ketones is 1. The summed E-state index contributed by atoms with van der Waals surface area (Å²) in [6, 6.07) is 12.7. The van der Waals surface area contributed by atoms with Crippen molar-refractivity contribution in [3.05, 3.63) is 59.7 Å². The molecule has 2 aromatic rings. The van der Waals surface area contributed by atoms with E-state index in [0.717, 1.165) is 11.3 Å². The van der Waals surface area contributed by atoms with Crippen LogP contribution in [0.4, 0.5) is 0 Å². The maximum absolute atomic E-state index is 12.2. The van der Waals surface area contributed by atoms with Gasteiger partial charge in [0, 0.05) is 5.56 Å². The van der Waals surface area contributed by atoms with Gasteiger partial charge in [-0.3, -0.25) is 4.79 Å². The molecule has 0 bridgehead atoms. The minimum Gasteiger partial charge on any atom is -0.497 e. The van der Waals surface area contributed by atoms with E-state index in [9.17, 15) is 4.79 Å². The lowest BCUT2D eigenvalue weighted by Crippen LogP contribution is -1.94. The minimum absolute atomic E-state index is 0.0869. The van der Waals surface area contributed by atoms with E-state index in [-0.39, 0.29) is 12.6 Å². The normalized spacial score (nSPS) is 12.6. The molecule has 4 heteroatoms. The van der Waals surface area contributed by atoms with Gasteiger partial charge < -0.3 is 14.2 Å². The first-order valence-electron chi connectivity index (χ1n) is 6.52. The van der Waals surface area contributed by atoms with E-state index in [1.165, 1.54) is 6.08 Å². The van der Waals surface area contributed by atoms with Crippen LogP contribution in [0.3, 0.4) is 0 Å². The Labute approximate surface area is 122 Å². The first kappa shape index (κ1) is 13.2. The summed E-state index contributed by atoms with van der Waals surface area (Å²) in [6.07, 6.45) is 3.29. The molecule has 0 spiro atoms. The average Bonchev–Trinajstić information content (AvgIpc) is 3.00. The lowest BCUT2D eigenvalue weighted by atomic mass is 10.1. The van der Waals surface area contributed by atoms with Crippen LogP contribution in [0.2, 0.25) is 0 Å². The molecule has 3 rings (SSSR count). The molecule has 0 fully saturated rings. The van der Waals surface area contributed by atoms with Crippen molar-refractivity contribution < 1.29 is 19.0 Å². The van der Waals surface area contributed by atoms with Gasteiger partial charge in [0.2, 0.25) is 6.79 Å². The van der Waals surface area contributed by atoms with Gasteiger partial charge in [-0.05, 0) is 42.0 Å². The maximum Gasteiger partial charge on any atom is 0.231 e. The first-order chi connectivity index (χ1) is 10.3. The molecule has 1 heterocycles. The average molecular weight is 282 g/mol. The van der Waals surface area contributed by atoms with Crippen molar-refractivity contribution in [3.8, 4) is 17.2 Å². The monoisotopic (exact) mass is 282 g/mol. The maximum atomic E-state index is 12.2. The highest BCUT2D eigenvalue weighted by atomic mass is 16.7. The quantitative estimate of drug-likeness (QED) is 0.637. The van der Waals surface area contributed by atoms with E-state index in [1.54, 1.807) is 31.4 Å². The molecular weight excluding hydrogens is 268 g/mol. The molecule has 4 nitrogen and oxygen atoms in total. The summed E-state index contributed by atoms with van der Waals surface area (Å²) in [4.78, 5) is 12.2. The van der Waals surface area contributed by atoms with Crippen LogP contribution >= 0.6 is 0 Å². The fourth-order valence-corrected chi connectivity index (χ4v) is 2.06. The number of rotatable bonds is 4. The third-order valence-electron chi connectivity index (χ3n) is 3.18. The fourth-order valence-electron chi connectivity index (χ4n) is 2.06. The molecule has 0 unspecified atom stereocenters. The SMILES string of the molecule is COc1cccc(C=CC(=O)c2ccc3c(c2)OCO3)c1. The number of fused-ring (bicyclic) bond motifs is 1. The van der Waals surface area contributed by atoms with E-state index >= 15 is 0 Å². The van der Waals surface area contributed by atoms with Crippen molar-refractivity contribution in [3.63, 3.8) is 0 Å². The largest absolute Gasteiger partial charge is 0.497 e. The Kier molecular flexibility index (Phi) is 3.60. The highest BCUT2D eigenvalue weighted by Gasteiger charge is 2.14. The van der Waals surface area contributed by atoms with Crippen molar-refractivity contribution in [2.24, 2.45) is 0 Å². The zero-order valence-corrected chi connectivity index (χ0v) is 11.5. The molecule has 0 saturated carbocycles. The summed E-state index contributed by atoms with van der Waals surface area (Å²) < 4.78 is 15.6. The number of methoxy groups -OCH3 is 1. The van der Waals surface area contributed by atoms with Gasteiger partial charge in [0.05, 0.1) is 7.11 Å². The molecule has 1 aliphatic rings. The molecule has 1 aliphatic heterocycles. The second kappa shape index (κ2) is 5.71. The van der Waals surface area contributed by atoms with E-state index in [1.807, 2.05) is 24.3 Å². The molecule has 0 aliphatic carbocycles. The summed E-state index contributed by atoms with van der Waals surface area (Å²) in [6.45, 7) is 0.201. The zero-order valence-electron chi connectivity index (χ0n) is 11.5. The van der Waals surface area contributed by atoms with Crippen LogP contribution in [-0.4, -0.2) is 19.7 Å². The second-order valence-electron chi connectivity index (χ2n) is 4.54. The third kappa shape index (κ3) is 2.89. The second-order valence-corrected chi connectivity index (χ2v) is 4.54. The molecule has 0 saturated heterocycles. The van der Waals surface area contributed by atoms with Crippen molar-refractivity contribution >= 4 is 11.9 Å². The van der Waals surface area contributed by atoms with Crippen LogP contribution in [0.25, 0.3) is 6.08 Å². The Morgan fingerprint density at radius 1 is 1.14 bits per heavy atom. The van der Waals surface area contributed by atoms with Gasteiger partial charge in [0.15, 0.2) is 17.3 Å². The smallest absolute Gasteiger partial charge is 0.231 e. The number of allylic oxidation sites excluding steroid dienone is 1. The van der Waals surface area contributed by atoms with Crippen LogP contribution in [-0.2, 0) is 0 Å². The van der Waals surface area contributed by atoms with Gasteiger partial charge in [-0.15, -0.1) is 0 Å². The number of benzene rings is 2. The van der Waals surface area contributed by atoms with Crippen molar-refractivity contribution in [2.45, 2.75) is 0 Å². The van der Waals surface area contributed by atoms with Crippen molar-refractivity contribution in [1.29, 1.82) is 0 Å². The van der Waals surface area contributed by atoms with Crippen LogP contribution in [0.5, 0.6) is 17.2 Å². The van der Waals surface area contributed by atoms with Crippen LogP contribution in [0.15, 0.2) is 48.5 Å². The van der Waals surface area contributed by atoms with E-state index in [0.29, 0.717) is 17.1 Å². The molecule has 2 aromatic carbocycles. The van der Waals surface area contributed by atoms with Crippen LogP contribution < -0.4 is 14.2 Å². The summed E-state index contributed by atoms with van der Waals surface area (Å²) >= 11 is 0. The standard InChI is InChI=1S/C17H14O4/c1-19-14-4-2-3-12(9-14)5-7-15(18)13-6-8-16-17(10-13)21-11-20-16/h2-10H,11H2,1H3. The van der Waals surface area contributed by atoms with Gasteiger partial charge in [-0.1, -0.05) is 18.2 Å². The third-order valence-corrected chi connectivity index (χ3v) is 3.18. The summed E-state index contributed by atoms with van der Waals surface area (Å²) in [5.41, 5.74) is 1.47. The number of carbonyl (C=O) groups excluding carboxylic acids is 1. The Morgan fingerprint density at radius 2 is 2.00 bits per heavy atom. The number of ether oxygens (including phenoxy) is 3. The zero-order chi connectivity index (χ0) is 14.7. The van der Waals surface area contributed by atoms with Crippen molar-refractivity contribution in [2.75, 3.05) is 13.9 Å². The molecule has 0 atom stereocenters. The minimum atomic E-state index is -0.0869.